The lowest BCUT2D eigenvalue weighted by Gasteiger charge is -2.40. The van der Waals surface area contributed by atoms with E-state index in [1.165, 1.54) is 62.8 Å². The summed E-state index contributed by atoms with van der Waals surface area (Å²) >= 11 is 0. The molecule has 3 aliphatic rings. The number of carbonyl (C=O) groups is 2. The van der Waals surface area contributed by atoms with Crippen LogP contribution in [0, 0.1) is 11.3 Å². The van der Waals surface area contributed by atoms with Crippen molar-refractivity contribution < 1.29 is 24.2 Å². The van der Waals surface area contributed by atoms with Gasteiger partial charge in [-0.3, -0.25) is 9.59 Å². The molecular formula is C44H54N4O5. The molecule has 4 aromatic rings. The third kappa shape index (κ3) is 8.19. The molecule has 280 valence electrons. The Balaban J connectivity index is 1.31. The van der Waals surface area contributed by atoms with E-state index in [2.05, 4.69) is 82.2 Å². The molecule has 0 saturated heterocycles. The lowest BCUT2D eigenvalue weighted by Crippen LogP contribution is -2.33. The van der Waals surface area contributed by atoms with Crippen LogP contribution < -0.4 is 15.4 Å². The van der Waals surface area contributed by atoms with E-state index in [4.69, 9.17) is 9.47 Å². The Bertz CT molecular complexity index is 2000. The van der Waals surface area contributed by atoms with Gasteiger partial charge in [0.05, 0.1) is 13.2 Å². The average Bonchev–Trinajstić information content (AvgIpc) is 3.79. The number of fused-ring (bicyclic) bond motifs is 4. The Morgan fingerprint density at radius 2 is 1.85 bits per heavy atom. The fourth-order valence-corrected chi connectivity index (χ4v) is 9.02. The van der Waals surface area contributed by atoms with Crippen LogP contribution in [0.3, 0.4) is 0 Å². The Kier molecular flexibility index (Phi) is 11.0. The Hall–Kier alpha value is -4.92. The molecule has 0 unspecified atom stereocenters. The summed E-state index contributed by atoms with van der Waals surface area (Å²) in [5.74, 6) is 1.40. The van der Waals surface area contributed by atoms with Gasteiger partial charge in [-0.15, -0.1) is 0 Å². The van der Waals surface area contributed by atoms with Crippen molar-refractivity contribution in [1.82, 2.24) is 14.9 Å². The largest absolute Gasteiger partial charge is 0.504 e. The summed E-state index contributed by atoms with van der Waals surface area (Å²) in [6.07, 6.45) is 23.7. The molecule has 1 fully saturated rings. The van der Waals surface area contributed by atoms with Gasteiger partial charge in [0.15, 0.2) is 11.5 Å². The van der Waals surface area contributed by atoms with Crippen LogP contribution in [0.2, 0.25) is 0 Å². The van der Waals surface area contributed by atoms with E-state index in [-0.39, 0.29) is 41.8 Å². The summed E-state index contributed by atoms with van der Waals surface area (Å²) in [5.41, 5.74) is 6.06. The number of rotatable bonds is 4. The van der Waals surface area contributed by atoms with Gasteiger partial charge in [-0.05, 0) is 96.4 Å². The summed E-state index contributed by atoms with van der Waals surface area (Å²) in [6.45, 7) is 4.42. The van der Waals surface area contributed by atoms with Gasteiger partial charge in [0, 0.05) is 67.6 Å². The van der Waals surface area contributed by atoms with Crippen LogP contribution in [0.1, 0.15) is 101 Å². The second kappa shape index (κ2) is 16.0. The van der Waals surface area contributed by atoms with Crippen LogP contribution in [-0.4, -0.2) is 46.2 Å². The first-order valence-electron chi connectivity index (χ1n) is 19.5. The molecule has 3 atom stereocenters. The van der Waals surface area contributed by atoms with Gasteiger partial charge in [-0.2, -0.15) is 0 Å². The van der Waals surface area contributed by atoms with Gasteiger partial charge >= 0.3 is 5.97 Å². The van der Waals surface area contributed by atoms with Crippen molar-refractivity contribution in [2.24, 2.45) is 11.3 Å². The number of phenols is 1. The number of benzene rings is 2. The highest BCUT2D eigenvalue weighted by Gasteiger charge is 2.37. The number of esters is 1. The maximum Gasteiger partial charge on any atom is 0.302 e. The second-order valence-corrected chi connectivity index (χ2v) is 15.4. The standard InChI is InChI=1S/C44H54N4O5/c1-4-30-11-13-37(53-29(2)49)22-36(50)23-40(31-12-14-41(51)42(20-31)52-3)48-27-32-9-8-10-39(38(32)28-48)47-43-21-35(15-18-46-43)44(16-6-5-7-17-44)24-34-26-45-25-33(34)19-30/h8-10,12,14-15,20-21,25-28,30,37,40,45-47,51H,4-7,11,13,16-19,22-24H2,1-3H3/t30-,37+,40-/m0/s1. The number of methoxy groups -OCH3 is 1. The topological polar surface area (TPSA) is 118 Å². The molecule has 2 aliphatic heterocycles. The molecule has 53 heavy (non-hydrogen) atoms. The first-order valence-corrected chi connectivity index (χ1v) is 19.5. The van der Waals surface area contributed by atoms with Crippen molar-refractivity contribution in [3.8, 4) is 11.5 Å². The van der Waals surface area contributed by atoms with Crippen molar-refractivity contribution in [3.05, 3.63) is 101 Å². The Morgan fingerprint density at radius 3 is 2.64 bits per heavy atom. The summed E-state index contributed by atoms with van der Waals surface area (Å²) in [5, 5.41) is 19.9. The number of hydrogen-bond acceptors (Lipinski definition) is 7. The third-order valence-corrected chi connectivity index (χ3v) is 11.9. The molecule has 2 aromatic carbocycles. The molecule has 1 aliphatic carbocycles. The number of dihydropyridines is 1. The zero-order valence-corrected chi connectivity index (χ0v) is 31.4. The number of aromatic nitrogens is 2. The number of aromatic amines is 1. The summed E-state index contributed by atoms with van der Waals surface area (Å²) in [4.78, 5) is 29.8. The monoisotopic (exact) mass is 718 g/mol. The lowest BCUT2D eigenvalue weighted by molar-refractivity contribution is -0.148. The van der Waals surface area contributed by atoms with Crippen LogP contribution in [-0.2, 0) is 27.2 Å². The van der Waals surface area contributed by atoms with E-state index in [1.54, 1.807) is 12.1 Å². The van der Waals surface area contributed by atoms with E-state index in [9.17, 15) is 14.7 Å². The predicted octanol–water partition coefficient (Wildman–Crippen LogP) is 8.89. The van der Waals surface area contributed by atoms with Gasteiger partial charge in [0.25, 0.3) is 0 Å². The number of nitrogens with zero attached hydrogens (tertiary/aromatic N) is 1. The molecule has 1 saturated carbocycles. The highest BCUT2D eigenvalue weighted by Crippen LogP contribution is 2.47. The number of aromatic hydroxyl groups is 1. The number of phenolic OH excluding ortho intramolecular Hbond substituents is 1. The summed E-state index contributed by atoms with van der Waals surface area (Å²) in [7, 11) is 1.52. The molecule has 9 nitrogen and oxygen atoms in total. The van der Waals surface area contributed by atoms with E-state index in [1.807, 2.05) is 6.07 Å². The minimum absolute atomic E-state index is 0.00455. The van der Waals surface area contributed by atoms with Crippen molar-refractivity contribution in [2.45, 2.75) is 103 Å². The quantitative estimate of drug-likeness (QED) is 0.156. The number of carbonyl (C=O) groups excluding carboxylic acids is 2. The number of allylic oxidation sites excluding steroid dienone is 2. The maximum absolute atomic E-state index is 14.0. The van der Waals surface area contributed by atoms with Crippen molar-refractivity contribution in [3.63, 3.8) is 0 Å². The second-order valence-electron chi connectivity index (χ2n) is 15.4. The molecule has 4 N–H and O–H groups in total. The summed E-state index contributed by atoms with van der Waals surface area (Å²) in [6, 6.07) is 11.1. The molecule has 7 rings (SSSR count). The minimum Gasteiger partial charge on any atom is -0.504 e. The van der Waals surface area contributed by atoms with Gasteiger partial charge in [-0.1, -0.05) is 56.9 Å². The van der Waals surface area contributed by atoms with Gasteiger partial charge in [0.2, 0.25) is 0 Å². The number of H-pyrrole nitrogens is 1. The summed E-state index contributed by atoms with van der Waals surface area (Å²) < 4.78 is 13.4. The zero-order chi connectivity index (χ0) is 37.0. The number of anilines is 1. The van der Waals surface area contributed by atoms with Crippen LogP contribution in [0.15, 0.2) is 84.7 Å². The minimum atomic E-state index is -0.500. The number of ketones is 1. The van der Waals surface area contributed by atoms with Crippen molar-refractivity contribution >= 4 is 28.2 Å². The molecule has 4 heterocycles. The first kappa shape index (κ1) is 36.4. The molecule has 2 aromatic heterocycles. The van der Waals surface area contributed by atoms with Crippen molar-refractivity contribution in [2.75, 3.05) is 19.0 Å². The number of nitrogens with one attached hydrogen (secondary N) is 3. The smallest absolute Gasteiger partial charge is 0.302 e. The first-order chi connectivity index (χ1) is 25.7. The third-order valence-electron chi connectivity index (χ3n) is 11.9. The molecule has 1 spiro atoms. The molecule has 0 radical (unpaired) electrons. The maximum atomic E-state index is 14.0. The van der Waals surface area contributed by atoms with Crippen LogP contribution in [0.5, 0.6) is 11.5 Å². The normalized spacial score (nSPS) is 22.5. The zero-order valence-electron chi connectivity index (χ0n) is 31.4. The highest BCUT2D eigenvalue weighted by atomic mass is 16.5. The Morgan fingerprint density at radius 1 is 1.02 bits per heavy atom. The average molecular weight is 719 g/mol. The fraction of sp³-hybridized carbons (Fsp3) is 0.455. The molecular weight excluding hydrogens is 665 g/mol. The predicted molar refractivity (Wildman–Crippen MR) is 209 cm³/mol. The number of ether oxygens (including phenoxy) is 2. The van der Waals surface area contributed by atoms with Gasteiger partial charge in [0.1, 0.15) is 17.7 Å². The fourth-order valence-electron chi connectivity index (χ4n) is 9.02. The molecule has 9 heteroatoms. The van der Waals surface area contributed by atoms with E-state index >= 15 is 0 Å². The van der Waals surface area contributed by atoms with Crippen LogP contribution in [0.25, 0.3) is 10.8 Å². The Labute approximate surface area is 312 Å². The van der Waals surface area contributed by atoms with Gasteiger partial charge < -0.3 is 34.8 Å². The van der Waals surface area contributed by atoms with Crippen LogP contribution in [0.4, 0.5) is 5.69 Å². The molecule has 0 amide bonds. The SMILES string of the molecule is CC[C@H]1CC[C@@H](OC(C)=O)CC(=O)C[C@@H](c2ccc(O)c(OC)c2)n2cc3cccc(c3c2)NC2=CC(=CCN2)C2(CCCCC2)Cc2c[nH]cc2C1. The molecule has 4 bridgehead atoms. The van der Waals surface area contributed by atoms with E-state index in [0.29, 0.717) is 18.1 Å². The van der Waals surface area contributed by atoms with Crippen molar-refractivity contribution in [1.29, 1.82) is 0 Å². The number of hydrogen-bond donors (Lipinski definition) is 4. The van der Waals surface area contributed by atoms with Crippen LogP contribution >= 0.6 is 0 Å². The highest BCUT2D eigenvalue weighted by molar-refractivity contribution is 5.94. The lowest BCUT2D eigenvalue weighted by atomic mass is 9.65. The van der Waals surface area contributed by atoms with Gasteiger partial charge in [-0.25, -0.2) is 0 Å². The van der Waals surface area contributed by atoms with E-state index < -0.39 is 6.10 Å². The van der Waals surface area contributed by atoms with E-state index in [0.717, 1.165) is 60.1 Å². The number of Topliss-reactive ketones (excluding diaryl/α,β-unsaturated/α-hetero) is 1.